The van der Waals surface area contributed by atoms with Crippen molar-refractivity contribution in [3.63, 3.8) is 0 Å². The first kappa shape index (κ1) is 18.0. The van der Waals surface area contributed by atoms with Gasteiger partial charge in [-0.2, -0.15) is 0 Å². The maximum absolute atomic E-state index is 5.63. The van der Waals surface area contributed by atoms with Gasteiger partial charge in [-0.15, -0.1) is 5.73 Å². The molecule has 1 aliphatic rings. The summed E-state index contributed by atoms with van der Waals surface area (Å²) >= 11 is 0. The van der Waals surface area contributed by atoms with E-state index in [-0.39, 0.29) is 5.41 Å². The molecule has 2 nitrogen and oxygen atoms in total. The van der Waals surface area contributed by atoms with Gasteiger partial charge in [-0.05, 0) is 54.2 Å². The summed E-state index contributed by atoms with van der Waals surface area (Å²) < 4.78 is 10.7. The lowest BCUT2D eigenvalue weighted by Crippen LogP contribution is -2.19. The monoisotopic (exact) mass is 314 g/mol. The SMILES string of the molecule is COCOCC(=C=C1CCCCC1)CC(C)(C)c1ccccc1. The zero-order valence-corrected chi connectivity index (χ0v) is 14.9. The van der Waals surface area contributed by atoms with Crippen molar-refractivity contribution in [2.75, 3.05) is 20.5 Å². The highest BCUT2D eigenvalue weighted by Crippen LogP contribution is 2.31. The third-order valence-electron chi connectivity index (χ3n) is 4.50. The number of hydrogen-bond acceptors (Lipinski definition) is 2. The molecule has 1 aromatic rings. The summed E-state index contributed by atoms with van der Waals surface area (Å²) in [5.74, 6) is 0. The van der Waals surface area contributed by atoms with E-state index in [0.717, 1.165) is 6.42 Å². The Morgan fingerprint density at radius 1 is 1.09 bits per heavy atom. The Balaban J connectivity index is 2.18. The quantitative estimate of drug-likeness (QED) is 0.381. The molecule has 2 heteroatoms. The molecule has 0 aromatic heterocycles. The molecule has 0 radical (unpaired) electrons. The summed E-state index contributed by atoms with van der Waals surface area (Å²) in [5, 5.41) is 0. The van der Waals surface area contributed by atoms with Crippen LogP contribution < -0.4 is 0 Å². The van der Waals surface area contributed by atoms with Crippen LogP contribution in [0.3, 0.4) is 0 Å². The molecule has 0 bridgehead atoms. The fraction of sp³-hybridized carbons (Fsp3) is 0.571. The van der Waals surface area contributed by atoms with Crippen LogP contribution in [0.1, 0.15) is 57.9 Å². The second-order valence-electron chi connectivity index (χ2n) is 7.07. The molecule has 2 rings (SSSR count). The Morgan fingerprint density at radius 2 is 1.78 bits per heavy atom. The van der Waals surface area contributed by atoms with Crippen molar-refractivity contribution in [1.29, 1.82) is 0 Å². The van der Waals surface area contributed by atoms with E-state index in [2.05, 4.69) is 49.9 Å². The molecule has 1 aromatic carbocycles. The lowest BCUT2D eigenvalue weighted by atomic mass is 9.79. The molecule has 1 fully saturated rings. The normalized spacial score (nSPS) is 15.3. The van der Waals surface area contributed by atoms with Gasteiger partial charge in [0.25, 0.3) is 0 Å². The number of hydrogen-bond donors (Lipinski definition) is 0. The summed E-state index contributed by atoms with van der Waals surface area (Å²) in [6.45, 7) is 5.54. The highest BCUT2D eigenvalue weighted by Gasteiger charge is 2.22. The van der Waals surface area contributed by atoms with Crippen molar-refractivity contribution in [2.24, 2.45) is 0 Å². The molecule has 0 N–H and O–H groups in total. The Labute approximate surface area is 141 Å². The molecular weight excluding hydrogens is 284 g/mol. The third-order valence-corrected chi connectivity index (χ3v) is 4.50. The van der Waals surface area contributed by atoms with E-state index in [0.29, 0.717) is 13.4 Å². The predicted octanol–water partition coefficient (Wildman–Crippen LogP) is 5.39. The van der Waals surface area contributed by atoms with Gasteiger partial charge in [0.2, 0.25) is 0 Å². The number of ether oxygens (including phenoxy) is 2. The second-order valence-corrected chi connectivity index (χ2v) is 7.07. The van der Waals surface area contributed by atoms with Crippen LogP contribution in [0.5, 0.6) is 0 Å². The van der Waals surface area contributed by atoms with E-state index in [1.807, 2.05) is 0 Å². The van der Waals surface area contributed by atoms with Crippen LogP contribution in [-0.2, 0) is 14.9 Å². The minimum absolute atomic E-state index is 0.0786. The standard InChI is InChI=1S/C21H30O2/c1-21(2,20-12-8-5-9-13-20)15-19(16-23-17-22-3)14-18-10-6-4-7-11-18/h5,8-9,12-13H,4,6-7,10-11,15-17H2,1-3H3. The first-order valence-corrected chi connectivity index (χ1v) is 8.70. The van der Waals surface area contributed by atoms with E-state index in [4.69, 9.17) is 9.47 Å². The maximum atomic E-state index is 5.63. The maximum Gasteiger partial charge on any atom is 0.146 e. The van der Waals surface area contributed by atoms with Gasteiger partial charge in [-0.3, -0.25) is 0 Å². The van der Waals surface area contributed by atoms with Crippen molar-refractivity contribution in [3.8, 4) is 0 Å². The first-order chi connectivity index (χ1) is 11.1. The minimum atomic E-state index is 0.0786. The van der Waals surface area contributed by atoms with E-state index in [1.54, 1.807) is 7.11 Å². The van der Waals surface area contributed by atoms with Gasteiger partial charge in [0.05, 0.1) is 6.61 Å². The molecular formula is C21H30O2. The van der Waals surface area contributed by atoms with Crippen LogP contribution in [0.25, 0.3) is 0 Å². The van der Waals surface area contributed by atoms with E-state index >= 15 is 0 Å². The van der Waals surface area contributed by atoms with Crippen LogP contribution in [0.15, 0.2) is 47.2 Å². The zero-order valence-electron chi connectivity index (χ0n) is 14.9. The van der Waals surface area contributed by atoms with Crippen molar-refractivity contribution in [1.82, 2.24) is 0 Å². The Kier molecular flexibility index (Phi) is 7.11. The summed E-state index contributed by atoms with van der Waals surface area (Å²) in [7, 11) is 1.66. The molecule has 0 saturated heterocycles. The fourth-order valence-electron chi connectivity index (χ4n) is 3.26. The summed E-state index contributed by atoms with van der Waals surface area (Å²) in [6, 6.07) is 10.7. The van der Waals surface area contributed by atoms with E-state index < -0.39 is 0 Å². The molecule has 1 aliphatic carbocycles. The molecule has 0 atom stereocenters. The molecule has 0 aliphatic heterocycles. The van der Waals surface area contributed by atoms with E-state index in [9.17, 15) is 0 Å². The molecule has 126 valence electrons. The molecule has 0 spiro atoms. The average molecular weight is 314 g/mol. The second kappa shape index (κ2) is 9.08. The molecule has 0 unspecified atom stereocenters. The topological polar surface area (TPSA) is 18.5 Å². The van der Waals surface area contributed by atoms with Crippen molar-refractivity contribution in [3.05, 3.63) is 52.8 Å². The summed E-state index contributed by atoms with van der Waals surface area (Å²) in [4.78, 5) is 0. The van der Waals surface area contributed by atoms with Crippen molar-refractivity contribution >= 4 is 0 Å². The summed E-state index contributed by atoms with van der Waals surface area (Å²) in [6.07, 6.45) is 7.31. The molecule has 1 saturated carbocycles. The largest absolute Gasteiger partial charge is 0.359 e. The van der Waals surface area contributed by atoms with Crippen LogP contribution in [-0.4, -0.2) is 20.5 Å². The lowest BCUT2D eigenvalue weighted by Gasteiger charge is -2.26. The number of rotatable bonds is 7. The van der Waals surface area contributed by atoms with Gasteiger partial charge in [-0.1, -0.05) is 50.6 Å². The molecule has 23 heavy (non-hydrogen) atoms. The van der Waals surface area contributed by atoms with Crippen LogP contribution in [0.2, 0.25) is 0 Å². The average Bonchev–Trinajstić information content (AvgIpc) is 2.56. The summed E-state index contributed by atoms with van der Waals surface area (Å²) in [5.41, 5.74) is 7.86. The molecule has 0 amide bonds. The van der Waals surface area contributed by atoms with Crippen LogP contribution in [0.4, 0.5) is 0 Å². The van der Waals surface area contributed by atoms with Gasteiger partial charge < -0.3 is 9.47 Å². The first-order valence-electron chi connectivity index (χ1n) is 8.70. The lowest BCUT2D eigenvalue weighted by molar-refractivity contribution is -0.0221. The van der Waals surface area contributed by atoms with Gasteiger partial charge >= 0.3 is 0 Å². The van der Waals surface area contributed by atoms with Crippen LogP contribution in [0, 0.1) is 0 Å². The van der Waals surface area contributed by atoms with Crippen LogP contribution >= 0.6 is 0 Å². The highest BCUT2D eigenvalue weighted by molar-refractivity contribution is 5.26. The Morgan fingerprint density at radius 3 is 2.43 bits per heavy atom. The number of benzene rings is 1. The van der Waals surface area contributed by atoms with Gasteiger partial charge in [0.15, 0.2) is 0 Å². The van der Waals surface area contributed by atoms with Gasteiger partial charge in [-0.25, -0.2) is 0 Å². The Bertz CT molecular complexity index is 528. The predicted molar refractivity (Wildman–Crippen MR) is 95.5 cm³/mol. The fourth-order valence-corrected chi connectivity index (χ4v) is 3.26. The smallest absolute Gasteiger partial charge is 0.146 e. The number of methoxy groups -OCH3 is 1. The van der Waals surface area contributed by atoms with Gasteiger partial charge in [0.1, 0.15) is 6.79 Å². The van der Waals surface area contributed by atoms with Crippen molar-refractivity contribution in [2.45, 2.75) is 57.8 Å². The highest BCUT2D eigenvalue weighted by atomic mass is 16.7. The zero-order chi connectivity index (χ0) is 16.5. The van der Waals surface area contributed by atoms with Gasteiger partial charge in [0, 0.05) is 7.11 Å². The molecule has 0 heterocycles. The third kappa shape index (κ3) is 5.99. The van der Waals surface area contributed by atoms with Crippen molar-refractivity contribution < 1.29 is 9.47 Å². The minimum Gasteiger partial charge on any atom is -0.359 e. The Hall–Kier alpha value is -1.34. The van der Waals surface area contributed by atoms with E-state index in [1.165, 1.54) is 48.8 Å².